The Morgan fingerprint density at radius 1 is 1.16 bits per heavy atom. The normalized spacial score (nSPS) is 11.2. The van der Waals surface area contributed by atoms with Gasteiger partial charge in [0, 0.05) is 18.5 Å². The Bertz CT molecular complexity index is 839. The number of carbonyl (C=O) groups excluding carboxylic acids is 1. The summed E-state index contributed by atoms with van der Waals surface area (Å²) in [4.78, 5) is 21.0. The largest absolute Gasteiger partial charge is 0.340 e. The molecular weight excluding hydrogens is 330 g/mol. The maximum absolute atomic E-state index is 13.1. The monoisotopic (exact) mass is 354 g/mol. The molecule has 0 spiro atoms. The van der Waals surface area contributed by atoms with E-state index in [-0.39, 0.29) is 5.91 Å². The molecule has 1 heterocycles. The maximum Gasteiger partial charge on any atom is 0.260 e. The summed E-state index contributed by atoms with van der Waals surface area (Å²) in [5.41, 5.74) is 2.76. The molecule has 0 atom stereocenters. The lowest BCUT2D eigenvalue weighted by Gasteiger charge is -2.20. The standard InChI is InChI=1S/C20H23N3OS/c1-15-8-6-9-16(14-15)19(24)23(13-7-12-22(2)3)20-21-17-10-4-5-11-18(17)25-20/h4-6,8-11,14H,7,12-13H2,1-3H3/p+1. The van der Waals surface area contributed by atoms with Gasteiger partial charge in [0.2, 0.25) is 0 Å². The third kappa shape index (κ3) is 4.24. The van der Waals surface area contributed by atoms with Crippen molar-refractivity contribution in [3.63, 3.8) is 0 Å². The number of nitrogens with zero attached hydrogens (tertiary/aromatic N) is 2. The number of anilines is 1. The lowest BCUT2D eigenvalue weighted by molar-refractivity contribution is -0.858. The highest BCUT2D eigenvalue weighted by atomic mass is 32.1. The van der Waals surface area contributed by atoms with Gasteiger partial charge in [-0.2, -0.15) is 0 Å². The number of hydrogen-bond donors (Lipinski definition) is 1. The molecule has 130 valence electrons. The zero-order valence-electron chi connectivity index (χ0n) is 15.0. The fourth-order valence-electron chi connectivity index (χ4n) is 2.78. The number of hydrogen-bond acceptors (Lipinski definition) is 3. The van der Waals surface area contributed by atoms with E-state index in [0.29, 0.717) is 6.54 Å². The molecule has 3 rings (SSSR count). The van der Waals surface area contributed by atoms with Crippen molar-refractivity contribution < 1.29 is 9.69 Å². The summed E-state index contributed by atoms with van der Waals surface area (Å²) in [6, 6.07) is 15.8. The number of aryl methyl sites for hydroxylation is 1. The number of fused-ring (bicyclic) bond motifs is 1. The van der Waals surface area contributed by atoms with Gasteiger partial charge in [0.25, 0.3) is 5.91 Å². The van der Waals surface area contributed by atoms with E-state index in [0.717, 1.165) is 39.4 Å². The molecule has 2 aromatic carbocycles. The highest BCUT2D eigenvalue weighted by Gasteiger charge is 2.21. The van der Waals surface area contributed by atoms with E-state index in [4.69, 9.17) is 4.98 Å². The summed E-state index contributed by atoms with van der Waals surface area (Å²) in [5.74, 6) is 0.0245. The molecule has 25 heavy (non-hydrogen) atoms. The van der Waals surface area contributed by atoms with Crippen LogP contribution < -0.4 is 9.80 Å². The van der Waals surface area contributed by atoms with Crippen molar-refractivity contribution >= 4 is 32.6 Å². The Hall–Kier alpha value is -2.24. The average molecular weight is 354 g/mol. The second kappa shape index (κ2) is 7.76. The van der Waals surface area contributed by atoms with Crippen LogP contribution in [0.4, 0.5) is 5.13 Å². The average Bonchev–Trinajstić information content (AvgIpc) is 3.01. The van der Waals surface area contributed by atoms with Gasteiger partial charge in [-0.15, -0.1) is 0 Å². The zero-order chi connectivity index (χ0) is 17.8. The van der Waals surface area contributed by atoms with Gasteiger partial charge in [0.05, 0.1) is 30.9 Å². The minimum Gasteiger partial charge on any atom is -0.340 e. The van der Waals surface area contributed by atoms with Gasteiger partial charge < -0.3 is 4.90 Å². The predicted molar refractivity (Wildman–Crippen MR) is 105 cm³/mol. The first-order valence-electron chi connectivity index (χ1n) is 8.58. The number of amides is 1. The van der Waals surface area contributed by atoms with Gasteiger partial charge in [-0.25, -0.2) is 4.98 Å². The molecule has 0 fully saturated rings. The van der Waals surface area contributed by atoms with Gasteiger partial charge in [-0.1, -0.05) is 41.2 Å². The van der Waals surface area contributed by atoms with Crippen LogP contribution in [0.2, 0.25) is 0 Å². The second-order valence-electron chi connectivity index (χ2n) is 6.60. The molecule has 0 radical (unpaired) electrons. The first-order chi connectivity index (χ1) is 12.0. The molecule has 0 saturated heterocycles. The molecule has 1 amide bonds. The molecule has 0 saturated carbocycles. The molecule has 0 unspecified atom stereocenters. The summed E-state index contributed by atoms with van der Waals surface area (Å²) < 4.78 is 1.11. The van der Waals surface area contributed by atoms with Crippen LogP contribution in [-0.4, -0.2) is 38.1 Å². The minimum absolute atomic E-state index is 0.0245. The highest BCUT2D eigenvalue weighted by Crippen LogP contribution is 2.29. The Morgan fingerprint density at radius 3 is 2.68 bits per heavy atom. The second-order valence-corrected chi connectivity index (χ2v) is 7.61. The first-order valence-corrected chi connectivity index (χ1v) is 9.39. The van der Waals surface area contributed by atoms with Crippen molar-refractivity contribution in [3.05, 3.63) is 59.7 Å². The van der Waals surface area contributed by atoms with Gasteiger partial charge in [-0.3, -0.25) is 9.69 Å². The van der Waals surface area contributed by atoms with E-state index in [1.807, 2.05) is 54.3 Å². The number of nitrogens with one attached hydrogen (secondary N) is 1. The van der Waals surface area contributed by atoms with Crippen molar-refractivity contribution in [1.29, 1.82) is 0 Å². The van der Waals surface area contributed by atoms with Crippen LogP contribution in [-0.2, 0) is 0 Å². The van der Waals surface area contributed by atoms with Crippen LogP contribution in [0.3, 0.4) is 0 Å². The Labute approximate surface area is 152 Å². The van der Waals surface area contributed by atoms with E-state index in [9.17, 15) is 4.79 Å². The molecule has 0 aliphatic carbocycles. The molecule has 1 aromatic heterocycles. The number of benzene rings is 2. The SMILES string of the molecule is Cc1cccc(C(=O)N(CCC[NH+](C)C)c2nc3ccccc3s2)c1. The van der Waals surface area contributed by atoms with Crippen LogP contribution in [0.1, 0.15) is 22.3 Å². The first kappa shape index (κ1) is 17.6. The number of quaternary nitrogens is 1. The topological polar surface area (TPSA) is 37.6 Å². The lowest BCUT2D eigenvalue weighted by Crippen LogP contribution is -3.05. The molecule has 4 nitrogen and oxygen atoms in total. The number of thiazole rings is 1. The van der Waals surface area contributed by atoms with Crippen molar-refractivity contribution in [3.8, 4) is 0 Å². The molecule has 0 aliphatic rings. The molecular formula is C20H24N3OS+. The third-order valence-corrected chi connectivity index (χ3v) is 5.14. The minimum atomic E-state index is 0.0245. The van der Waals surface area contributed by atoms with Crippen LogP contribution in [0.5, 0.6) is 0 Å². The summed E-state index contributed by atoms with van der Waals surface area (Å²) in [7, 11) is 4.26. The lowest BCUT2D eigenvalue weighted by atomic mass is 10.1. The summed E-state index contributed by atoms with van der Waals surface area (Å²) in [6.45, 7) is 3.70. The predicted octanol–water partition coefficient (Wildman–Crippen LogP) is 2.79. The van der Waals surface area contributed by atoms with Crippen LogP contribution in [0, 0.1) is 6.92 Å². The van der Waals surface area contributed by atoms with Gasteiger partial charge in [0.15, 0.2) is 5.13 Å². The van der Waals surface area contributed by atoms with Crippen molar-refractivity contribution in [2.75, 3.05) is 32.1 Å². The molecule has 5 heteroatoms. The number of carbonyl (C=O) groups is 1. The van der Waals surface area contributed by atoms with Crippen LogP contribution >= 0.6 is 11.3 Å². The van der Waals surface area contributed by atoms with E-state index >= 15 is 0 Å². The fraction of sp³-hybridized carbons (Fsp3) is 0.300. The van der Waals surface area contributed by atoms with Gasteiger partial charge >= 0.3 is 0 Å². The number of rotatable bonds is 6. The maximum atomic E-state index is 13.1. The van der Waals surface area contributed by atoms with E-state index < -0.39 is 0 Å². The Morgan fingerprint density at radius 2 is 1.96 bits per heavy atom. The summed E-state index contributed by atoms with van der Waals surface area (Å²) in [6.07, 6.45) is 0.940. The van der Waals surface area contributed by atoms with Gasteiger partial charge in [0.1, 0.15) is 0 Å². The van der Waals surface area contributed by atoms with Crippen LogP contribution in [0.25, 0.3) is 10.2 Å². The smallest absolute Gasteiger partial charge is 0.260 e. The van der Waals surface area contributed by atoms with Crippen LogP contribution in [0.15, 0.2) is 48.5 Å². The van der Waals surface area contributed by atoms with Crippen molar-refractivity contribution in [2.45, 2.75) is 13.3 Å². The highest BCUT2D eigenvalue weighted by molar-refractivity contribution is 7.22. The zero-order valence-corrected chi connectivity index (χ0v) is 15.8. The van der Waals surface area contributed by atoms with E-state index in [1.165, 1.54) is 4.90 Å². The van der Waals surface area contributed by atoms with E-state index in [1.54, 1.807) is 11.3 Å². The van der Waals surface area contributed by atoms with Gasteiger partial charge in [-0.05, 0) is 31.2 Å². The number of para-hydroxylation sites is 1. The summed E-state index contributed by atoms with van der Waals surface area (Å²) >= 11 is 1.58. The van der Waals surface area contributed by atoms with Crippen molar-refractivity contribution in [1.82, 2.24) is 4.98 Å². The quantitative estimate of drug-likeness (QED) is 0.739. The summed E-state index contributed by atoms with van der Waals surface area (Å²) in [5, 5.41) is 0.779. The molecule has 0 bridgehead atoms. The third-order valence-electron chi connectivity index (χ3n) is 4.08. The molecule has 1 N–H and O–H groups in total. The molecule has 3 aromatic rings. The Balaban J connectivity index is 1.92. The van der Waals surface area contributed by atoms with E-state index in [2.05, 4.69) is 20.2 Å². The number of aromatic nitrogens is 1. The fourth-order valence-corrected chi connectivity index (χ4v) is 3.77. The molecule has 0 aliphatic heterocycles. The van der Waals surface area contributed by atoms with Crippen molar-refractivity contribution in [2.24, 2.45) is 0 Å². The Kier molecular flexibility index (Phi) is 5.46.